The molecule has 2 aromatic heterocycles. The van der Waals surface area contributed by atoms with Crippen molar-refractivity contribution >= 4 is 11.7 Å². The van der Waals surface area contributed by atoms with Crippen molar-refractivity contribution < 1.29 is 14.3 Å². The maximum atomic E-state index is 12.2. The molecule has 26 heavy (non-hydrogen) atoms. The molecular formula is C19H24N4O3. The molecule has 7 heteroatoms. The Morgan fingerprint density at radius 1 is 1.23 bits per heavy atom. The van der Waals surface area contributed by atoms with Crippen molar-refractivity contribution in [1.82, 2.24) is 15.3 Å². The number of anilines is 1. The Balaban J connectivity index is 1.57. The lowest BCUT2D eigenvalue weighted by Gasteiger charge is -2.23. The summed E-state index contributed by atoms with van der Waals surface area (Å²) < 4.78 is 10.7. The molecule has 0 bridgehead atoms. The van der Waals surface area contributed by atoms with Gasteiger partial charge in [0.2, 0.25) is 0 Å². The van der Waals surface area contributed by atoms with Crippen molar-refractivity contribution in [2.75, 3.05) is 38.3 Å². The molecule has 2 aromatic rings. The molecule has 0 aromatic carbocycles. The molecule has 1 aliphatic heterocycles. The van der Waals surface area contributed by atoms with Crippen LogP contribution < -0.4 is 10.2 Å². The third-order valence-electron chi connectivity index (χ3n) is 4.22. The van der Waals surface area contributed by atoms with E-state index >= 15 is 0 Å². The van der Waals surface area contributed by atoms with Gasteiger partial charge in [0.1, 0.15) is 5.82 Å². The van der Waals surface area contributed by atoms with E-state index in [1.807, 2.05) is 37.4 Å². The lowest BCUT2D eigenvalue weighted by Crippen LogP contribution is -2.42. The number of hydrogen-bond acceptors (Lipinski definition) is 6. The molecule has 3 rings (SSSR count). The van der Waals surface area contributed by atoms with E-state index in [9.17, 15) is 4.79 Å². The zero-order valence-corrected chi connectivity index (χ0v) is 14.9. The fraction of sp³-hybridized carbons (Fsp3) is 0.421. The Bertz CT molecular complexity index is 705. The number of carbonyl (C=O) groups excluding carboxylic acids is 1. The molecule has 1 saturated heterocycles. The second-order valence-electron chi connectivity index (χ2n) is 6.13. The number of nitrogens with zero attached hydrogens (tertiary/aromatic N) is 3. The van der Waals surface area contributed by atoms with Crippen LogP contribution in [0, 0.1) is 0 Å². The van der Waals surface area contributed by atoms with Gasteiger partial charge in [-0.05, 0) is 18.2 Å². The number of amides is 1. The summed E-state index contributed by atoms with van der Waals surface area (Å²) in [7, 11) is 1.99. The monoisotopic (exact) mass is 356 g/mol. The molecular weight excluding hydrogens is 332 g/mol. The summed E-state index contributed by atoms with van der Waals surface area (Å²) in [6, 6.07) is 9.75. The van der Waals surface area contributed by atoms with E-state index in [1.165, 1.54) is 0 Å². The fourth-order valence-corrected chi connectivity index (χ4v) is 2.78. The summed E-state index contributed by atoms with van der Waals surface area (Å²) in [5, 5.41) is 2.91. The minimum atomic E-state index is -0.536. The van der Waals surface area contributed by atoms with Gasteiger partial charge in [0, 0.05) is 50.2 Å². The van der Waals surface area contributed by atoms with Gasteiger partial charge < -0.3 is 19.7 Å². The smallest absolute Gasteiger partial charge is 0.251 e. The maximum Gasteiger partial charge on any atom is 0.251 e. The highest BCUT2D eigenvalue weighted by Gasteiger charge is 2.22. The quantitative estimate of drug-likeness (QED) is 0.803. The van der Waals surface area contributed by atoms with Crippen molar-refractivity contribution in [2.24, 2.45) is 0 Å². The van der Waals surface area contributed by atoms with Crippen LogP contribution in [0.3, 0.4) is 0 Å². The second kappa shape index (κ2) is 9.26. The number of likely N-dealkylation sites (N-methyl/N-ethyl adjacent to an activating group) is 1. The van der Waals surface area contributed by atoms with Gasteiger partial charge in [0.25, 0.3) is 5.91 Å². The Kier molecular flexibility index (Phi) is 6.51. The van der Waals surface area contributed by atoms with E-state index in [-0.39, 0.29) is 5.91 Å². The average molecular weight is 356 g/mol. The summed E-state index contributed by atoms with van der Waals surface area (Å²) in [6.07, 6.45) is 3.85. The zero-order valence-electron chi connectivity index (χ0n) is 14.9. The van der Waals surface area contributed by atoms with Crippen LogP contribution in [0.25, 0.3) is 0 Å². The van der Waals surface area contributed by atoms with Crippen LogP contribution in [-0.4, -0.2) is 55.4 Å². The lowest BCUT2D eigenvalue weighted by atomic mass is 10.2. The predicted octanol–water partition coefficient (Wildman–Crippen LogP) is 1.19. The van der Waals surface area contributed by atoms with Crippen molar-refractivity contribution in [3.63, 3.8) is 0 Å². The zero-order chi connectivity index (χ0) is 18.2. The molecule has 1 aliphatic rings. The van der Waals surface area contributed by atoms with Gasteiger partial charge in [-0.25, -0.2) is 4.98 Å². The molecule has 0 saturated carbocycles. The van der Waals surface area contributed by atoms with Crippen molar-refractivity contribution in [1.29, 1.82) is 0 Å². The molecule has 1 N–H and O–H groups in total. The highest BCUT2D eigenvalue weighted by atomic mass is 16.6. The van der Waals surface area contributed by atoms with Crippen LogP contribution in [0.4, 0.5) is 5.82 Å². The summed E-state index contributed by atoms with van der Waals surface area (Å²) in [5.74, 6) is 0.695. The highest BCUT2D eigenvalue weighted by Crippen LogP contribution is 2.16. The van der Waals surface area contributed by atoms with E-state index in [1.54, 1.807) is 12.4 Å². The van der Waals surface area contributed by atoms with Gasteiger partial charge in [-0.3, -0.25) is 9.78 Å². The first-order valence-corrected chi connectivity index (χ1v) is 8.76. The largest absolute Gasteiger partial charge is 0.376 e. The molecule has 138 valence electrons. The van der Waals surface area contributed by atoms with Crippen LogP contribution in [0.15, 0.2) is 42.7 Å². The van der Waals surface area contributed by atoms with E-state index in [0.29, 0.717) is 26.4 Å². The second-order valence-corrected chi connectivity index (χ2v) is 6.13. The number of ether oxygens (including phenoxy) is 2. The van der Waals surface area contributed by atoms with Crippen molar-refractivity contribution in [3.05, 3.63) is 54.0 Å². The van der Waals surface area contributed by atoms with Gasteiger partial charge in [-0.1, -0.05) is 12.1 Å². The van der Waals surface area contributed by atoms with Crippen LogP contribution in [-0.2, 0) is 27.2 Å². The molecule has 0 aliphatic carbocycles. The van der Waals surface area contributed by atoms with Crippen molar-refractivity contribution in [3.8, 4) is 0 Å². The summed E-state index contributed by atoms with van der Waals surface area (Å²) in [4.78, 5) is 23.1. The molecule has 0 spiro atoms. The maximum absolute atomic E-state index is 12.2. The SMILES string of the molecule is CN(CCc1ccccn1)c1ncccc1CNC(=O)[C@H]1COCCO1. The Morgan fingerprint density at radius 2 is 2.12 bits per heavy atom. The lowest BCUT2D eigenvalue weighted by molar-refractivity contribution is -0.147. The van der Waals surface area contributed by atoms with Gasteiger partial charge in [-0.15, -0.1) is 0 Å². The summed E-state index contributed by atoms with van der Waals surface area (Å²) in [5.41, 5.74) is 2.00. The van der Waals surface area contributed by atoms with E-state index in [4.69, 9.17) is 9.47 Å². The van der Waals surface area contributed by atoms with E-state index in [0.717, 1.165) is 30.0 Å². The van der Waals surface area contributed by atoms with Crippen LogP contribution in [0.2, 0.25) is 0 Å². The third-order valence-corrected chi connectivity index (χ3v) is 4.22. The topological polar surface area (TPSA) is 76.6 Å². The predicted molar refractivity (Wildman–Crippen MR) is 97.9 cm³/mol. The number of hydrogen-bond donors (Lipinski definition) is 1. The molecule has 7 nitrogen and oxygen atoms in total. The van der Waals surface area contributed by atoms with Crippen LogP contribution >= 0.6 is 0 Å². The molecule has 3 heterocycles. The van der Waals surface area contributed by atoms with Gasteiger partial charge in [-0.2, -0.15) is 0 Å². The first kappa shape index (κ1) is 18.3. The van der Waals surface area contributed by atoms with Gasteiger partial charge >= 0.3 is 0 Å². The summed E-state index contributed by atoms with van der Waals surface area (Å²) in [6.45, 7) is 2.48. The molecule has 1 atom stereocenters. The van der Waals surface area contributed by atoms with E-state index in [2.05, 4.69) is 20.2 Å². The molecule has 0 unspecified atom stereocenters. The minimum absolute atomic E-state index is 0.157. The highest BCUT2D eigenvalue weighted by molar-refractivity contribution is 5.81. The standard InChI is InChI=1S/C19H24N4O3/c1-23(10-7-16-6-2-3-8-20-16)18-15(5-4-9-21-18)13-22-19(24)17-14-25-11-12-26-17/h2-6,8-9,17H,7,10-14H2,1H3,(H,22,24)/t17-/m1/s1. The molecule has 1 amide bonds. The number of aromatic nitrogens is 2. The summed E-state index contributed by atoms with van der Waals surface area (Å²) >= 11 is 0. The first-order chi connectivity index (χ1) is 12.7. The van der Waals surface area contributed by atoms with Gasteiger partial charge in [0.15, 0.2) is 6.10 Å². The molecule has 0 radical (unpaired) electrons. The van der Waals surface area contributed by atoms with Crippen LogP contribution in [0.5, 0.6) is 0 Å². The normalized spacial score (nSPS) is 16.9. The Hall–Kier alpha value is -2.51. The fourth-order valence-electron chi connectivity index (χ4n) is 2.78. The Morgan fingerprint density at radius 3 is 2.88 bits per heavy atom. The van der Waals surface area contributed by atoms with Gasteiger partial charge in [0.05, 0.1) is 19.8 Å². The Labute approximate surface area is 153 Å². The number of nitrogens with one attached hydrogen (secondary N) is 1. The number of carbonyl (C=O) groups is 1. The molecule has 1 fully saturated rings. The minimum Gasteiger partial charge on any atom is -0.376 e. The van der Waals surface area contributed by atoms with Crippen LogP contribution in [0.1, 0.15) is 11.3 Å². The number of pyridine rings is 2. The first-order valence-electron chi connectivity index (χ1n) is 8.76. The van der Waals surface area contributed by atoms with Crippen molar-refractivity contribution in [2.45, 2.75) is 19.1 Å². The van der Waals surface area contributed by atoms with E-state index < -0.39 is 6.10 Å². The number of rotatable bonds is 7. The third kappa shape index (κ3) is 5.00. The average Bonchev–Trinajstić information content (AvgIpc) is 2.72.